The van der Waals surface area contributed by atoms with Gasteiger partial charge in [0.2, 0.25) is 5.88 Å². The van der Waals surface area contributed by atoms with Gasteiger partial charge in [-0.1, -0.05) is 0 Å². The van der Waals surface area contributed by atoms with Gasteiger partial charge in [-0.2, -0.15) is 0 Å². The molecule has 0 saturated carbocycles. The van der Waals surface area contributed by atoms with E-state index in [2.05, 4.69) is 13.0 Å². The molecule has 2 rings (SSSR count). The normalized spacial score (nSPS) is 15.3. The van der Waals surface area contributed by atoms with Crippen molar-refractivity contribution >= 4 is 34.7 Å². The predicted octanol–water partition coefficient (Wildman–Crippen LogP) is 1.81. The average molecular weight is 348 g/mol. The summed E-state index contributed by atoms with van der Waals surface area (Å²) in [5, 5.41) is 0. The van der Waals surface area contributed by atoms with Gasteiger partial charge in [0, 0.05) is 37.0 Å². The van der Waals surface area contributed by atoms with E-state index in [1.54, 1.807) is 36.3 Å². The van der Waals surface area contributed by atoms with Gasteiger partial charge >= 0.3 is 5.97 Å². The molecule has 5 nitrogen and oxygen atoms in total. The van der Waals surface area contributed by atoms with Gasteiger partial charge in [-0.25, -0.2) is 4.98 Å². The van der Waals surface area contributed by atoms with Crippen molar-refractivity contribution < 1.29 is 12.6 Å². The molecule has 0 unspecified atom stereocenters. The van der Waals surface area contributed by atoms with E-state index in [1.165, 1.54) is 0 Å². The van der Waals surface area contributed by atoms with E-state index in [9.17, 15) is 4.79 Å². The molecule has 1 fully saturated rings. The molecular weight excluding hydrogens is 335 g/mol. The zero-order chi connectivity index (χ0) is 12.3. The van der Waals surface area contributed by atoms with E-state index in [0.29, 0.717) is 18.2 Å². The molecule has 0 aliphatic carbocycles. The van der Waals surface area contributed by atoms with E-state index in [-0.39, 0.29) is 5.97 Å². The second-order valence-corrected chi connectivity index (χ2v) is 4.42. The van der Waals surface area contributed by atoms with Gasteiger partial charge in [-0.05, 0) is 6.07 Å². The maximum absolute atomic E-state index is 11.1. The molecule has 1 aliphatic rings. The van der Waals surface area contributed by atoms with Gasteiger partial charge in [0.25, 0.3) is 0 Å². The van der Waals surface area contributed by atoms with Crippen LogP contribution in [0, 0.1) is 5.92 Å². The Balaban J connectivity index is 1.88. The average Bonchev–Trinajstić information content (AvgIpc) is 2.32. The minimum Gasteiger partial charge on any atom is -0.481 e. The number of hydrogen-bond donors (Lipinski definition) is 0. The molecule has 0 N–H and O–H groups in total. The van der Waals surface area contributed by atoms with E-state index in [0.717, 1.165) is 18.8 Å². The fourth-order valence-corrected chi connectivity index (χ4v) is 2.06. The van der Waals surface area contributed by atoms with Crippen molar-refractivity contribution in [3.63, 3.8) is 0 Å². The first-order valence-electron chi connectivity index (χ1n) is 5.29. The molecule has 0 spiro atoms. The van der Waals surface area contributed by atoms with Gasteiger partial charge < -0.3 is 12.7 Å². The maximum atomic E-state index is 11.1. The van der Waals surface area contributed by atoms with Crippen molar-refractivity contribution in [2.24, 2.45) is 5.92 Å². The van der Waals surface area contributed by atoms with Gasteiger partial charge in [0.1, 0.15) is 0 Å². The first kappa shape index (κ1) is 12.4. The number of halogens is 1. The van der Waals surface area contributed by atoms with Crippen molar-refractivity contribution in [3.8, 4) is 5.88 Å². The highest BCUT2D eigenvalue weighted by molar-refractivity contribution is 14.1. The van der Waals surface area contributed by atoms with Crippen LogP contribution in [-0.4, -0.2) is 31.2 Å². The van der Waals surface area contributed by atoms with Crippen LogP contribution in [0.1, 0.15) is 6.42 Å². The second kappa shape index (κ2) is 5.52. The summed E-state index contributed by atoms with van der Waals surface area (Å²) < 4.78 is 9.69. The SMILES string of the molecule is COc1cc(N2CC(CC(=O)OI)C2)ccn1. The van der Waals surface area contributed by atoms with E-state index in [4.69, 9.17) is 4.74 Å². The summed E-state index contributed by atoms with van der Waals surface area (Å²) in [6, 6.07) is 3.84. The number of pyridine rings is 1. The smallest absolute Gasteiger partial charge is 0.315 e. The second-order valence-electron chi connectivity index (χ2n) is 3.98. The Morgan fingerprint density at radius 3 is 3.06 bits per heavy atom. The summed E-state index contributed by atoms with van der Waals surface area (Å²) in [5.74, 6) is 0.844. The molecule has 0 atom stereocenters. The summed E-state index contributed by atoms with van der Waals surface area (Å²) in [6.07, 6.45) is 2.21. The lowest BCUT2D eigenvalue weighted by Crippen LogP contribution is -2.47. The highest BCUT2D eigenvalue weighted by Crippen LogP contribution is 2.28. The monoisotopic (exact) mass is 348 g/mol. The summed E-state index contributed by atoms with van der Waals surface area (Å²) in [4.78, 5) is 17.3. The Labute approximate surface area is 114 Å². The molecule has 1 saturated heterocycles. The number of hydrogen-bond acceptors (Lipinski definition) is 5. The lowest BCUT2D eigenvalue weighted by Gasteiger charge is -2.40. The third kappa shape index (κ3) is 2.99. The van der Waals surface area contributed by atoms with Crippen molar-refractivity contribution in [3.05, 3.63) is 18.3 Å². The summed E-state index contributed by atoms with van der Waals surface area (Å²) in [7, 11) is 1.60. The maximum Gasteiger partial charge on any atom is 0.315 e. The molecule has 92 valence electrons. The van der Waals surface area contributed by atoms with Crippen LogP contribution in [0.15, 0.2) is 18.3 Å². The van der Waals surface area contributed by atoms with Gasteiger partial charge in [-0.3, -0.25) is 4.79 Å². The lowest BCUT2D eigenvalue weighted by molar-refractivity contribution is -0.132. The summed E-state index contributed by atoms with van der Waals surface area (Å²) in [5.41, 5.74) is 1.08. The molecule has 1 aliphatic heterocycles. The van der Waals surface area contributed by atoms with Gasteiger partial charge in [0.15, 0.2) is 23.0 Å². The van der Waals surface area contributed by atoms with Crippen molar-refractivity contribution in [2.75, 3.05) is 25.1 Å². The zero-order valence-electron chi connectivity index (χ0n) is 9.43. The van der Waals surface area contributed by atoms with Crippen molar-refractivity contribution in [1.29, 1.82) is 0 Å². The third-order valence-electron chi connectivity index (χ3n) is 2.79. The van der Waals surface area contributed by atoms with E-state index >= 15 is 0 Å². The van der Waals surface area contributed by atoms with Crippen LogP contribution < -0.4 is 9.64 Å². The van der Waals surface area contributed by atoms with Crippen LogP contribution in [0.4, 0.5) is 5.69 Å². The fourth-order valence-electron chi connectivity index (χ4n) is 1.88. The number of nitrogens with zero attached hydrogens (tertiary/aromatic N) is 2. The Morgan fingerprint density at radius 1 is 1.65 bits per heavy atom. The third-order valence-corrected chi connectivity index (χ3v) is 3.28. The minimum atomic E-state index is -0.150. The van der Waals surface area contributed by atoms with Crippen LogP contribution in [0.3, 0.4) is 0 Å². The Hall–Kier alpha value is -1.05. The largest absolute Gasteiger partial charge is 0.481 e. The van der Waals surface area contributed by atoms with Crippen LogP contribution in [0.2, 0.25) is 0 Å². The fraction of sp³-hybridized carbons (Fsp3) is 0.455. The molecular formula is C11H13IN2O3. The molecule has 1 aromatic heterocycles. The van der Waals surface area contributed by atoms with Crippen molar-refractivity contribution in [1.82, 2.24) is 4.98 Å². The first-order chi connectivity index (χ1) is 8.22. The quantitative estimate of drug-likeness (QED) is 0.777. The van der Waals surface area contributed by atoms with Crippen LogP contribution >= 0.6 is 23.0 Å². The number of methoxy groups -OCH3 is 1. The zero-order valence-corrected chi connectivity index (χ0v) is 11.6. The number of carbonyl (C=O) groups excluding carboxylic acids is 1. The number of carbonyl (C=O) groups is 1. The van der Waals surface area contributed by atoms with Crippen LogP contribution in [-0.2, 0) is 7.86 Å². The summed E-state index contributed by atoms with van der Waals surface area (Å²) in [6.45, 7) is 1.75. The van der Waals surface area contributed by atoms with Crippen LogP contribution in [0.5, 0.6) is 5.88 Å². The topological polar surface area (TPSA) is 51.7 Å². The number of ether oxygens (including phenoxy) is 1. The Kier molecular flexibility index (Phi) is 4.03. The summed E-state index contributed by atoms with van der Waals surface area (Å²) >= 11 is 1.63. The highest BCUT2D eigenvalue weighted by atomic mass is 127. The molecule has 0 radical (unpaired) electrons. The number of anilines is 1. The van der Waals surface area contributed by atoms with E-state index < -0.39 is 0 Å². The van der Waals surface area contributed by atoms with E-state index in [1.807, 2.05) is 12.1 Å². The lowest BCUT2D eigenvalue weighted by atomic mass is 9.96. The minimum absolute atomic E-state index is 0.150. The molecule has 6 heteroatoms. The molecule has 17 heavy (non-hydrogen) atoms. The predicted molar refractivity (Wildman–Crippen MR) is 71.2 cm³/mol. The Morgan fingerprint density at radius 2 is 2.41 bits per heavy atom. The van der Waals surface area contributed by atoms with Gasteiger partial charge in [0.05, 0.1) is 13.5 Å². The standard InChI is InChI=1S/C11H13IN2O3/c1-16-10-5-9(2-3-13-10)14-6-8(7-14)4-11(15)17-12/h2-3,5,8H,4,6-7H2,1H3. The van der Waals surface area contributed by atoms with Crippen molar-refractivity contribution in [2.45, 2.75) is 6.42 Å². The molecule has 0 aromatic carbocycles. The molecule has 0 bridgehead atoms. The molecule has 0 amide bonds. The van der Waals surface area contributed by atoms with Gasteiger partial charge in [-0.15, -0.1) is 0 Å². The number of rotatable bonds is 4. The first-order valence-corrected chi connectivity index (χ1v) is 6.17. The van der Waals surface area contributed by atoms with Crippen LogP contribution in [0.25, 0.3) is 0 Å². The highest BCUT2D eigenvalue weighted by Gasteiger charge is 2.29. The number of aromatic nitrogens is 1. The Bertz CT molecular complexity index is 407. The molecule has 1 aromatic rings. The molecule has 2 heterocycles.